The molecule has 2 heterocycles. The number of ether oxygens (including phenoxy) is 2. The van der Waals surface area contributed by atoms with Crippen molar-refractivity contribution < 1.29 is 23.5 Å². The predicted octanol–water partition coefficient (Wildman–Crippen LogP) is 4.51. The summed E-state index contributed by atoms with van der Waals surface area (Å²) >= 11 is 12.4. The van der Waals surface area contributed by atoms with Crippen LogP contribution >= 0.6 is 23.2 Å². The Kier molecular flexibility index (Phi) is 6.16. The lowest BCUT2D eigenvalue weighted by atomic mass is 9.83. The van der Waals surface area contributed by atoms with E-state index in [0.717, 1.165) is 0 Å². The van der Waals surface area contributed by atoms with Gasteiger partial charge in [-0.25, -0.2) is 9.38 Å². The van der Waals surface area contributed by atoms with Crippen LogP contribution in [0.2, 0.25) is 10.0 Å². The van der Waals surface area contributed by atoms with E-state index in [1.165, 1.54) is 25.6 Å². The smallest absolute Gasteiger partial charge is 0.320 e. The molecule has 1 N–H and O–H groups in total. The normalized spacial score (nSPS) is 17.3. The second kappa shape index (κ2) is 9.02. The van der Waals surface area contributed by atoms with Crippen molar-refractivity contribution in [3.05, 3.63) is 81.8 Å². The first kappa shape index (κ1) is 21.9. The predicted molar refractivity (Wildman–Crippen MR) is 117 cm³/mol. The van der Waals surface area contributed by atoms with E-state index >= 15 is 0 Å². The van der Waals surface area contributed by atoms with Gasteiger partial charge in [-0.3, -0.25) is 9.78 Å². The Labute approximate surface area is 192 Å². The van der Waals surface area contributed by atoms with Gasteiger partial charge in [0.25, 0.3) is 0 Å². The van der Waals surface area contributed by atoms with Gasteiger partial charge in [0.05, 0.1) is 17.2 Å². The van der Waals surface area contributed by atoms with E-state index in [9.17, 15) is 9.18 Å². The molecule has 0 bridgehead atoms. The molecule has 2 aromatic carbocycles. The molecule has 0 saturated heterocycles. The fraction of sp³-hybridized carbons (Fsp3) is 0.136. The van der Waals surface area contributed by atoms with Crippen LogP contribution in [0.3, 0.4) is 0 Å². The van der Waals surface area contributed by atoms with E-state index in [1.54, 1.807) is 36.4 Å². The van der Waals surface area contributed by atoms with Crippen LogP contribution in [-0.4, -0.2) is 31.2 Å². The molecular formula is C22H16Cl2FN3O4. The van der Waals surface area contributed by atoms with Gasteiger partial charge in [-0.15, -0.1) is 0 Å². The highest BCUT2D eigenvalue weighted by Gasteiger charge is 2.41. The monoisotopic (exact) mass is 475 g/mol. The maximum atomic E-state index is 14.8. The van der Waals surface area contributed by atoms with Crippen molar-refractivity contribution in [3.63, 3.8) is 0 Å². The Morgan fingerprint density at radius 1 is 1.16 bits per heavy atom. The average molecular weight is 476 g/mol. The van der Waals surface area contributed by atoms with Gasteiger partial charge in [-0.2, -0.15) is 5.48 Å². The standard InChI is InChI=1S/C22H16Cl2FN3O4/c1-30-20-5-3-15(8-18(20)24)22(11-31-21(27-22)28-32-12-29)14-2-4-19(25)17(7-14)13-6-16(23)10-26-9-13/h2-10,12H,11H2,1H3,(H,27,28). The lowest BCUT2D eigenvalue weighted by Crippen LogP contribution is -2.27. The number of benzene rings is 2. The third-order valence-corrected chi connectivity index (χ3v) is 5.50. The quantitative estimate of drug-likeness (QED) is 0.417. The van der Waals surface area contributed by atoms with Gasteiger partial charge in [-0.05, 0) is 41.5 Å². The Morgan fingerprint density at radius 2 is 1.94 bits per heavy atom. The van der Waals surface area contributed by atoms with Crippen molar-refractivity contribution in [2.75, 3.05) is 13.7 Å². The van der Waals surface area contributed by atoms with Crippen molar-refractivity contribution in [1.82, 2.24) is 10.5 Å². The molecule has 1 aliphatic rings. The van der Waals surface area contributed by atoms with Crippen LogP contribution in [0.1, 0.15) is 11.1 Å². The van der Waals surface area contributed by atoms with Crippen molar-refractivity contribution in [2.24, 2.45) is 4.99 Å². The molecule has 3 aromatic rings. The number of carbonyl (C=O) groups excluding carboxylic acids is 1. The molecule has 0 amide bonds. The summed E-state index contributed by atoms with van der Waals surface area (Å²) in [6.45, 7) is 0.247. The number of aromatic nitrogens is 1. The number of aliphatic imine (C=N–C) groups is 1. The van der Waals surface area contributed by atoms with E-state index < -0.39 is 11.4 Å². The summed E-state index contributed by atoms with van der Waals surface area (Å²) in [5.74, 6) is 0.0344. The molecule has 0 spiro atoms. The zero-order valence-electron chi connectivity index (χ0n) is 16.6. The second-order valence-electron chi connectivity index (χ2n) is 6.82. The van der Waals surface area contributed by atoms with Crippen LogP contribution in [0.15, 0.2) is 59.9 Å². The van der Waals surface area contributed by atoms with E-state index in [-0.39, 0.29) is 24.7 Å². The van der Waals surface area contributed by atoms with E-state index in [1.807, 2.05) is 0 Å². The molecule has 7 nitrogen and oxygen atoms in total. The largest absolute Gasteiger partial charge is 0.495 e. The molecule has 164 valence electrons. The summed E-state index contributed by atoms with van der Waals surface area (Å²) in [5.41, 5.74) is 3.28. The minimum Gasteiger partial charge on any atom is -0.495 e. The summed E-state index contributed by atoms with van der Waals surface area (Å²) in [6, 6.07) is 11.4. The second-order valence-corrected chi connectivity index (χ2v) is 7.66. The molecular weight excluding hydrogens is 460 g/mol. The van der Waals surface area contributed by atoms with Crippen molar-refractivity contribution in [3.8, 4) is 16.9 Å². The number of carbonyl (C=O) groups is 1. The Bertz CT molecular complexity index is 1210. The number of hydroxylamine groups is 1. The van der Waals surface area contributed by atoms with Crippen LogP contribution in [0.4, 0.5) is 4.39 Å². The summed E-state index contributed by atoms with van der Waals surface area (Å²) < 4.78 is 25.6. The van der Waals surface area contributed by atoms with Crippen LogP contribution in [0, 0.1) is 5.82 Å². The van der Waals surface area contributed by atoms with Crippen molar-refractivity contribution >= 4 is 35.7 Å². The first-order valence-corrected chi connectivity index (χ1v) is 10.1. The maximum absolute atomic E-state index is 14.8. The van der Waals surface area contributed by atoms with Crippen molar-refractivity contribution in [2.45, 2.75) is 5.54 Å². The average Bonchev–Trinajstić information content (AvgIpc) is 3.23. The summed E-state index contributed by atoms with van der Waals surface area (Å²) in [5, 5.41) is 0.746. The van der Waals surface area contributed by atoms with Gasteiger partial charge < -0.3 is 14.3 Å². The number of nitrogens with zero attached hydrogens (tertiary/aromatic N) is 2. The number of hydrogen-bond acceptors (Lipinski definition) is 7. The summed E-state index contributed by atoms with van der Waals surface area (Å²) in [6.07, 6.45) is 2.98. The number of nitrogens with one attached hydrogen (secondary N) is 1. The Morgan fingerprint density at radius 3 is 2.66 bits per heavy atom. The van der Waals surface area contributed by atoms with E-state index in [2.05, 4.69) is 20.3 Å². The highest BCUT2D eigenvalue weighted by atomic mass is 35.5. The van der Waals surface area contributed by atoms with Crippen LogP contribution in [0.5, 0.6) is 5.75 Å². The zero-order valence-corrected chi connectivity index (χ0v) is 18.2. The lowest BCUT2D eigenvalue weighted by Gasteiger charge is -2.26. The summed E-state index contributed by atoms with van der Waals surface area (Å²) in [4.78, 5) is 23.8. The zero-order chi connectivity index (χ0) is 22.7. The fourth-order valence-corrected chi connectivity index (χ4v) is 3.92. The Balaban J connectivity index is 1.88. The van der Waals surface area contributed by atoms with Gasteiger partial charge in [0, 0.05) is 23.5 Å². The van der Waals surface area contributed by atoms with Gasteiger partial charge in [0.1, 0.15) is 18.2 Å². The molecule has 32 heavy (non-hydrogen) atoms. The first-order chi connectivity index (χ1) is 15.5. The third-order valence-electron chi connectivity index (χ3n) is 4.99. The highest BCUT2D eigenvalue weighted by molar-refractivity contribution is 6.32. The number of amidine groups is 1. The molecule has 1 aromatic heterocycles. The van der Waals surface area contributed by atoms with Crippen LogP contribution < -0.4 is 10.2 Å². The van der Waals surface area contributed by atoms with E-state index in [0.29, 0.717) is 32.5 Å². The van der Waals surface area contributed by atoms with Gasteiger partial charge >= 0.3 is 12.5 Å². The van der Waals surface area contributed by atoms with Gasteiger partial charge in [0.2, 0.25) is 0 Å². The number of hydrogen-bond donors (Lipinski definition) is 1. The SMILES string of the molecule is COc1ccc(C2(c3ccc(F)c(-c4cncc(Cl)c4)c3)COC(NOC=O)=N2)cc1Cl. The molecule has 0 fully saturated rings. The highest BCUT2D eigenvalue weighted by Crippen LogP contribution is 2.42. The Hall–Kier alpha value is -3.36. The third kappa shape index (κ3) is 4.06. The molecule has 1 aliphatic heterocycles. The minimum absolute atomic E-state index is 0.0145. The minimum atomic E-state index is -1.11. The maximum Gasteiger partial charge on any atom is 0.320 e. The van der Waals surface area contributed by atoms with Crippen molar-refractivity contribution in [1.29, 1.82) is 0 Å². The first-order valence-electron chi connectivity index (χ1n) is 9.30. The molecule has 4 rings (SSSR count). The molecule has 1 atom stereocenters. The molecule has 10 heteroatoms. The number of methoxy groups -OCH3 is 1. The molecule has 0 radical (unpaired) electrons. The molecule has 0 saturated carbocycles. The van der Waals surface area contributed by atoms with E-state index in [4.69, 9.17) is 32.7 Å². The summed E-state index contributed by atoms with van der Waals surface area (Å²) in [7, 11) is 1.51. The number of rotatable bonds is 6. The van der Waals surface area contributed by atoms with Gasteiger partial charge in [-0.1, -0.05) is 35.3 Å². The fourth-order valence-electron chi connectivity index (χ4n) is 3.49. The number of pyridine rings is 1. The molecule has 0 aliphatic carbocycles. The lowest BCUT2D eigenvalue weighted by molar-refractivity contribution is -0.132. The van der Waals surface area contributed by atoms with Crippen LogP contribution in [-0.2, 0) is 19.9 Å². The van der Waals surface area contributed by atoms with Gasteiger partial charge in [0.15, 0.2) is 5.54 Å². The molecule has 1 unspecified atom stereocenters. The van der Waals surface area contributed by atoms with Crippen LogP contribution in [0.25, 0.3) is 11.1 Å². The number of halogens is 3. The topological polar surface area (TPSA) is 82.0 Å².